The van der Waals surface area contributed by atoms with Crippen LogP contribution in [0.25, 0.3) is 22.3 Å². The minimum absolute atomic E-state index is 0.451. The van der Waals surface area contributed by atoms with Crippen LogP contribution in [0.2, 0.25) is 0 Å². The van der Waals surface area contributed by atoms with Crippen LogP contribution in [0.1, 0.15) is 0 Å². The molecule has 0 aromatic heterocycles. The number of benzene rings is 4. The molecule has 0 aliphatic carbocycles. The van der Waals surface area contributed by atoms with Crippen molar-refractivity contribution in [2.75, 3.05) is 26.3 Å². The topological polar surface area (TPSA) is 65.1 Å². The van der Waals surface area contributed by atoms with Crippen LogP contribution in [-0.2, 0) is 13.9 Å². The molecule has 37 heavy (non-hydrogen) atoms. The Morgan fingerprint density at radius 2 is 0.973 bits per heavy atom. The van der Waals surface area contributed by atoms with E-state index in [0.29, 0.717) is 48.4 Å². The molecule has 0 bridgehead atoms. The molecule has 186 valence electrons. The third-order valence-corrected chi connectivity index (χ3v) is 14.0. The fraction of sp³-hybridized carbons (Fsp3) is 0.172. The van der Waals surface area contributed by atoms with Crippen molar-refractivity contribution >= 4 is 25.3 Å². The van der Waals surface area contributed by atoms with Crippen LogP contribution >= 0.6 is 14.7 Å². The van der Waals surface area contributed by atoms with Crippen molar-refractivity contribution in [3.63, 3.8) is 0 Å². The van der Waals surface area contributed by atoms with Crippen molar-refractivity contribution in [3.05, 3.63) is 97.1 Å². The van der Waals surface area contributed by atoms with E-state index in [1.807, 2.05) is 102 Å². The Labute approximate surface area is 215 Å². The van der Waals surface area contributed by atoms with E-state index < -0.39 is 20.3 Å². The molecule has 1 fully saturated rings. The van der Waals surface area contributed by atoms with E-state index >= 15 is 9.13 Å². The van der Waals surface area contributed by atoms with Gasteiger partial charge in [-0.1, -0.05) is 72.8 Å². The molecule has 0 amide bonds. The Balaban J connectivity index is 1.50. The monoisotopic (exact) mass is 529 g/mol. The van der Waals surface area contributed by atoms with Gasteiger partial charge in [-0.05, 0) is 35.4 Å². The van der Waals surface area contributed by atoms with E-state index in [2.05, 4.69) is 0 Å². The summed E-state index contributed by atoms with van der Waals surface area (Å²) in [5.41, 5.74) is 2.40. The van der Waals surface area contributed by atoms with Crippen molar-refractivity contribution in [1.29, 1.82) is 0 Å². The molecule has 0 spiro atoms. The maximum absolute atomic E-state index is 15.5. The summed E-state index contributed by atoms with van der Waals surface area (Å²) in [5, 5.41) is 1.14. The summed E-state index contributed by atoms with van der Waals surface area (Å²) in [7, 11) is -7.67. The Bertz CT molecular complexity index is 1500. The van der Waals surface area contributed by atoms with E-state index in [1.54, 1.807) is 0 Å². The predicted octanol–water partition coefficient (Wildman–Crippen LogP) is 5.93. The van der Waals surface area contributed by atoms with Gasteiger partial charge in [0.15, 0.2) is 5.52 Å². The number of hydrogen-bond acceptors (Lipinski definition) is 6. The van der Waals surface area contributed by atoms with Crippen LogP contribution in [0.15, 0.2) is 97.1 Å². The van der Waals surface area contributed by atoms with E-state index in [0.717, 1.165) is 22.3 Å². The van der Waals surface area contributed by atoms with Gasteiger partial charge in [0.05, 0.1) is 23.8 Å². The van der Waals surface area contributed by atoms with Gasteiger partial charge in [0.2, 0.25) is 0 Å². The second-order valence-electron chi connectivity index (χ2n) is 9.40. The van der Waals surface area contributed by atoms with Gasteiger partial charge in [-0.2, -0.15) is 0 Å². The van der Waals surface area contributed by atoms with Crippen LogP contribution in [0.3, 0.4) is 0 Å². The highest BCUT2D eigenvalue weighted by molar-refractivity contribution is 7.85. The molecule has 2 unspecified atom stereocenters. The molecule has 4 aromatic rings. The normalized spacial score (nSPS) is 24.9. The molecule has 0 saturated carbocycles. The van der Waals surface area contributed by atoms with Gasteiger partial charge < -0.3 is 13.8 Å². The Morgan fingerprint density at radius 1 is 0.568 bits per heavy atom. The average molecular weight is 529 g/mol. The van der Waals surface area contributed by atoms with Crippen molar-refractivity contribution in [1.82, 2.24) is 4.90 Å². The highest BCUT2D eigenvalue weighted by atomic mass is 31.2. The van der Waals surface area contributed by atoms with Crippen LogP contribution in [0.4, 0.5) is 0 Å². The third-order valence-electron chi connectivity index (χ3n) is 7.28. The fourth-order valence-corrected chi connectivity index (χ4v) is 13.0. The van der Waals surface area contributed by atoms with Gasteiger partial charge in [-0.3, -0.25) is 14.0 Å². The summed E-state index contributed by atoms with van der Waals surface area (Å²) >= 11 is 0. The van der Waals surface area contributed by atoms with E-state index in [4.69, 9.17) is 13.8 Å². The number of fused-ring (bicyclic) bond motifs is 6. The second-order valence-corrected chi connectivity index (χ2v) is 14.5. The first-order chi connectivity index (χ1) is 18.1. The second kappa shape index (κ2) is 8.72. The Kier molecular flexibility index (Phi) is 5.42. The maximum atomic E-state index is 15.5. The lowest BCUT2D eigenvalue weighted by Crippen LogP contribution is -2.48. The lowest BCUT2D eigenvalue weighted by molar-refractivity contribution is 0.0391. The maximum Gasteiger partial charge on any atom is 0.305 e. The molecule has 3 aliphatic heterocycles. The molecule has 1 saturated heterocycles. The van der Waals surface area contributed by atoms with Crippen LogP contribution < -0.4 is 19.7 Å². The molecule has 0 radical (unpaired) electrons. The molecule has 2 atom stereocenters. The van der Waals surface area contributed by atoms with E-state index in [-0.39, 0.29) is 0 Å². The zero-order valence-electron chi connectivity index (χ0n) is 20.0. The minimum Gasteiger partial charge on any atom is -0.438 e. The van der Waals surface area contributed by atoms with Crippen molar-refractivity contribution in [3.8, 4) is 33.8 Å². The molecule has 8 heteroatoms. The number of rotatable bonds is 3. The van der Waals surface area contributed by atoms with Gasteiger partial charge in [-0.15, -0.1) is 0 Å². The standard InChI is InChI=1S/C29H25NO5P2/c31-36(27-15-7-3-11-23(27)21-9-1-5-13-25(21)34-36)29(30-17-19-33-20-18-30)37(32)28-16-8-4-12-24(28)22-10-2-6-14-26(22)35-37/h1-16,29H,17-20H2. The summed E-state index contributed by atoms with van der Waals surface area (Å²) < 4.78 is 49.6. The molecular formula is C29H25NO5P2. The molecule has 6 nitrogen and oxygen atoms in total. The molecule has 3 aliphatic rings. The summed E-state index contributed by atoms with van der Waals surface area (Å²) in [4.78, 5) is 2.00. The number of nitrogens with zero attached hydrogens (tertiary/aromatic N) is 1. The van der Waals surface area contributed by atoms with Crippen LogP contribution in [0, 0.1) is 0 Å². The molecule has 0 N–H and O–H groups in total. The van der Waals surface area contributed by atoms with E-state index in [9.17, 15) is 0 Å². The SMILES string of the molecule is O=P1(C(N2CCOCC2)P2(=O)Oc3ccccc3-c3ccccc32)Oc2ccccc2-c2ccccc21. The number of para-hydroxylation sites is 2. The van der Waals surface area contributed by atoms with Crippen LogP contribution in [-0.4, -0.2) is 36.7 Å². The molecule has 3 heterocycles. The van der Waals surface area contributed by atoms with E-state index in [1.165, 1.54) is 0 Å². The largest absolute Gasteiger partial charge is 0.438 e. The highest BCUT2D eigenvalue weighted by Crippen LogP contribution is 2.72. The zero-order valence-corrected chi connectivity index (χ0v) is 21.8. The molecule has 7 rings (SSSR count). The lowest BCUT2D eigenvalue weighted by atomic mass is 10.0. The highest BCUT2D eigenvalue weighted by Gasteiger charge is 2.59. The Hall–Kier alpha value is -3.14. The number of hydrogen-bond donors (Lipinski definition) is 0. The van der Waals surface area contributed by atoms with Gasteiger partial charge in [-0.25, -0.2) is 0 Å². The quantitative estimate of drug-likeness (QED) is 0.307. The van der Waals surface area contributed by atoms with Crippen molar-refractivity contribution in [2.45, 2.75) is 5.52 Å². The van der Waals surface area contributed by atoms with Crippen molar-refractivity contribution in [2.24, 2.45) is 0 Å². The van der Waals surface area contributed by atoms with Gasteiger partial charge in [0.1, 0.15) is 11.5 Å². The van der Waals surface area contributed by atoms with Crippen LogP contribution in [0.5, 0.6) is 11.5 Å². The first-order valence-electron chi connectivity index (χ1n) is 12.4. The smallest absolute Gasteiger partial charge is 0.305 e. The van der Waals surface area contributed by atoms with Gasteiger partial charge in [0.25, 0.3) is 0 Å². The Morgan fingerprint density at radius 3 is 1.46 bits per heavy atom. The summed E-state index contributed by atoms with van der Waals surface area (Å²) in [6.07, 6.45) is 0. The minimum atomic E-state index is -3.83. The molecule has 4 aromatic carbocycles. The summed E-state index contributed by atoms with van der Waals surface area (Å²) in [6.45, 7) is 1.85. The predicted molar refractivity (Wildman–Crippen MR) is 146 cm³/mol. The summed E-state index contributed by atoms with van der Waals surface area (Å²) in [5.74, 6) is 1.06. The average Bonchev–Trinajstić information content (AvgIpc) is 2.94. The fourth-order valence-electron chi connectivity index (χ4n) is 5.66. The van der Waals surface area contributed by atoms with Gasteiger partial charge >= 0.3 is 14.7 Å². The first kappa shape index (κ1) is 23.0. The summed E-state index contributed by atoms with van der Waals surface area (Å²) in [6, 6.07) is 30.4. The zero-order chi connectivity index (χ0) is 25.0. The van der Waals surface area contributed by atoms with Crippen molar-refractivity contribution < 1.29 is 22.9 Å². The van der Waals surface area contributed by atoms with Gasteiger partial charge in [0, 0.05) is 24.2 Å². The number of ether oxygens (including phenoxy) is 1. The third kappa shape index (κ3) is 3.48. The first-order valence-corrected chi connectivity index (χ1v) is 15.8. The number of morpholine rings is 1. The lowest BCUT2D eigenvalue weighted by Gasteiger charge is -2.44. The molecular weight excluding hydrogens is 504 g/mol.